The number of hydrogen-bond donors (Lipinski definition) is 0. The van der Waals surface area contributed by atoms with Gasteiger partial charge < -0.3 is 0 Å². The average Bonchev–Trinajstić information content (AvgIpc) is 1.72. The van der Waals surface area contributed by atoms with Crippen molar-refractivity contribution in [1.82, 2.24) is 0 Å². The molecule has 0 saturated carbocycles. The molecule has 60 valence electrons. The Balaban J connectivity index is -0.000000180. The normalized spacial score (nSPS) is 8.00. The molecule has 0 aromatic carbocycles. The summed E-state index contributed by atoms with van der Waals surface area (Å²) in [6.45, 7) is 6.97. The zero-order chi connectivity index (χ0) is 5.70. The van der Waals surface area contributed by atoms with Crippen molar-refractivity contribution in [3.8, 4) is 0 Å². The monoisotopic (exact) mass is 156 g/mol. The summed E-state index contributed by atoms with van der Waals surface area (Å²) in [5.41, 5.74) is 0. The molecule has 0 atom stereocenters. The van der Waals surface area contributed by atoms with Gasteiger partial charge in [-0.05, 0) is 0 Å². The first-order chi connectivity index (χ1) is 3.35. The molecule has 0 aliphatic carbocycles. The van der Waals surface area contributed by atoms with Gasteiger partial charge in [0.1, 0.15) is 0 Å². The number of halogens is 2. The van der Waals surface area contributed by atoms with E-state index in [2.05, 4.69) is 20.8 Å². The van der Waals surface area contributed by atoms with Gasteiger partial charge in [0.2, 0.25) is 0 Å². The third-order valence-corrected chi connectivity index (χ3v) is 5.20. The predicted octanol–water partition coefficient (Wildman–Crippen LogP) is 2.58. The van der Waals surface area contributed by atoms with E-state index in [0.29, 0.717) is 0 Å². The van der Waals surface area contributed by atoms with Crippen molar-refractivity contribution in [3.05, 3.63) is 0 Å². The third kappa shape index (κ3) is 8.08. The summed E-state index contributed by atoms with van der Waals surface area (Å²) in [5, 5.41) is 0. The summed E-state index contributed by atoms with van der Waals surface area (Å²) in [4.78, 5) is 0. The van der Waals surface area contributed by atoms with Gasteiger partial charge in [0.15, 0.2) is 0 Å². The molecule has 0 aliphatic rings. The molecule has 0 bridgehead atoms. The van der Waals surface area contributed by atoms with E-state index in [1.165, 1.54) is 18.1 Å². The minimum Gasteiger partial charge on any atom is -0.269 e. The first-order valence-electron chi connectivity index (χ1n) is 3.35. The molecule has 0 rings (SSSR count). The molecule has 0 unspecified atom stereocenters. The minimum atomic E-state index is -0.171. The number of hydrogen-bond acceptors (Lipinski definition) is 0. The molecule has 0 aromatic rings. The van der Waals surface area contributed by atoms with Gasteiger partial charge in [-0.1, -0.05) is 38.9 Å². The summed E-state index contributed by atoms with van der Waals surface area (Å²) in [5.74, 6) is 0. The molecular weight excluding hydrogens is 138 g/mol. The highest BCUT2D eigenvalue weighted by molar-refractivity contribution is 6.58. The van der Waals surface area contributed by atoms with Gasteiger partial charge in [0, 0.05) is 8.80 Å². The molecule has 0 saturated heterocycles. The lowest BCUT2D eigenvalue weighted by Gasteiger charge is -2.03. The molecule has 0 nitrogen and oxygen atoms in total. The van der Waals surface area contributed by atoms with Crippen LogP contribution in [0.25, 0.3) is 0 Å². The van der Waals surface area contributed by atoms with E-state index in [4.69, 9.17) is 0 Å². The van der Waals surface area contributed by atoms with E-state index in [0.717, 1.165) is 0 Å². The smallest absolute Gasteiger partial charge is 0.0359 e. The van der Waals surface area contributed by atoms with Crippen LogP contribution in [0.4, 0.5) is 9.41 Å². The van der Waals surface area contributed by atoms with Crippen LogP contribution >= 0.6 is 0 Å². The van der Waals surface area contributed by atoms with Gasteiger partial charge in [-0.15, -0.1) is 0 Å². The van der Waals surface area contributed by atoms with Crippen LogP contribution in [-0.2, 0) is 0 Å². The highest BCUT2D eigenvalue weighted by Crippen LogP contribution is 2.01. The zero-order valence-electron chi connectivity index (χ0n) is 6.52. The van der Waals surface area contributed by atoms with Crippen molar-refractivity contribution in [2.24, 2.45) is 0 Å². The molecular formula is C6H18F2Si. The lowest BCUT2D eigenvalue weighted by atomic mass is 10.9. The summed E-state index contributed by atoms with van der Waals surface area (Å²) in [6.07, 6.45) is 0. The maximum absolute atomic E-state index is 2.32. The molecule has 0 amide bonds. The second kappa shape index (κ2) is 11.0. The third-order valence-electron chi connectivity index (χ3n) is 1.73. The molecule has 0 spiro atoms. The Morgan fingerprint density at radius 2 is 1.00 bits per heavy atom. The molecule has 0 radical (unpaired) electrons. The van der Waals surface area contributed by atoms with Crippen LogP contribution in [0.15, 0.2) is 0 Å². The van der Waals surface area contributed by atoms with Crippen LogP contribution in [0, 0.1) is 0 Å². The van der Waals surface area contributed by atoms with Crippen LogP contribution in [0.1, 0.15) is 20.8 Å². The Morgan fingerprint density at radius 1 is 0.778 bits per heavy atom. The van der Waals surface area contributed by atoms with Crippen molar-refractivity contribution in [2.75, 3.05) is 0 Å². The Kier molecular flexibility index (Phi) is 19.5. The summed E-state index contributed by atoms with van der Waals surface area (Å²) >= 11 is 0. The molecule has 9 heavy (non-hydrogen) atoms. The van der Waals surface area contributed by atoms with Gasteiger partial charge in [-0.2, -0.15) is 0 Å². The maximum Gasteiger partial charge on any atom is 0.0359 e. The predicted molar refractivity (Wildman–Crippen MR) is 43.6 cm³/mol. The highest BCUT2D eigenvalue weighted by Gasteiger charge is 1.98. The van der Waals surface area contributed by atoms with Gasteiger partial charge in [0.25, 0.3) is 0 Å². The van der Waals surface area contributed by atoms with Crippen molar-refractivity contribution < 1.29 is 9.41 Å². The molecule has 0 fully saturated rings. The molecule has 3 heteroatoms. The van der Waals surface area contributed by atoms with Crippen molar-refractivity contribution in [3.63, 3.8) is 0 Å². The Labute approximate surface area is 58.0 Å². The standard InChI is InChI=1S/C6H16Si.2FH/c1-4-7(5-2)6-3;;/h7H,4-6H2,1-3H3;2*1H. The fraction of sp³-hybridized carbons (Fsp3) is 1.00. The Hall–Kier alpha value is 0.0769. The summed E-state index contributed by atoms with van der Waals surface area (Å²) in [6, 6.07) is 4.48. The van der Waals surface area contributed by atoms with Gasteiger partial charge in [-0.25, -0.2) is 0 Å². The van der Waals surface area contributed by atoms with Crippen molar-refractivity contribution in [1.29, 1.82) is 0 Å². The van der Waals surface area contributed by atoms with Gasteiger partial charge in [-0.3, -0.25) is 9.41 Å². The lowest BCUT2D eigenvalue weighted by molar-refractivity contribution is 1.11. The molecule has 0 heterocycles. The zero-order valence-corrected chi connectivity index (χ0v) is 7.67. The Morgan fingerprint density at radius 3 is 1.00 bits per heavy atom. The van der Waals surface area contributed by atoms with E-state index in [1.807, 2.05) is 0 Å². The second-order valence-electron chi connectivity index (χ2n) is 2.09. The fourth-order valence-electron chi connectivity index (χ4n) is 0.866. The number of rotatable bonds is 3. The van der Waals surface area contributed by atoms with E-state index in [1.54, 1.807) is 0 Å². The van der Waals surface area contributed by atoms with Crippen LogP contribution in [0.5, 0.6) is 0 Å². The maximum atomic E-state index is 2.32. The summed E-state index contributed by atoms with van der Waals surface area (Å²) < 4.78 is 0. The molecule has 0 N–H and O–H groups in total. The average molecular weight is 156 g/mol. The van der Waals surface area contributed by atoms with Crippen LogP contribution in [-0.4, -0.2) is 8.80 Å². The van der Waals surface area contributed by atoms with Gasteiger partial charge >= 0.3 is 0 Å². The highest BCUT2D eigenvalue weighted by atomic mass is 28.3. The van der Waals surface area contributed by atoms with Crippen molar-refractivity contribution >= 4 is 8.80 Å². The SMILES string of the molecule is CC[SiH](CC)CC.F.F. The second-order valence-corrected chi connectivity index (χ2v) is 6.27. The quantitative estimate of drug-likeness (QED) is 0.551. The van der Waals surface area contributed by atoms with Crippen molar-refractivity contribution in [2.45, 2.75) is 38.9 Å². The molecule has 0 aromatic heterocycles. The van der Waals surface area contributed by atoms with Crippen LogP contribution in [0.2, 0.25) is 18.1 Å². The largest absolute Gasteiger partial charge is 0.269 e. The van der Waals surface area contributed by atoms with E-state index in [-0.39, 0.29) is 18.2 Å². The topological polar surface area (TPSA) is 0 Å². The van der Waals surface area contributed by atoms with E-state index < -0.39 is 0 Å². The Bertz CT molecular complexity index is 32.5. The van der Waals surface area contributed by atoms with E-state index >= 15 is 0 Å². The summed E-state index contributed by atoms with van der Waals surface area (Å²) in [7, 11) is -0.171. The van der Waals surface area contributed by atoms with Crippen LogP contribution in [0.3, 0.4) is 0 Å². The van der Waals surface area contributed by atoms with Crippen LogP contribution < -0.4 is 0 Å². The van der Waals surface area contributed by atoms with E-state index in [9.17, 15) is 0 Å². The fourth-order valence-corrected chi connectivity index (χ4v) is 2.60. The lowest BCUT2D eigenvalue weighted by Crippen LogP contribution is -2.04. The minimum absolute atomic E-state index is 0. The van der Waals surface area contributed by atoms with Gasteiger partial charge in [0.05, 0.1) is 0 Å². The molecule has 0 aliphatic heterocycles. The first kappa shape index (κ1) is 16.0. The first-order valence-corrected chi connectivity index (χ1v) is 5.80.